The van der Waals surface area contributed by atoms with Gasteiger partial charge in [-0.3, -0.25) is 4.79 Å². The first-order chi connectivity index (χ1) is 7.08. The van der Waals surface area contributed by atoms with Crippen LogP contribution in [0.1, 0.15) is 6.42 Å². The molecule has 1 rings (SSSR count). The molecule has 0 aromatic carbocycles. The van der Waals surface area contributed by atoms with Crippen molar-refractivity contribution in [2.24, 2.45) is 0 Å². The molecule has 0 aromatic heterocycles. The number of hydrogen-bond donors (Lipinski definition) is 0. The van der Waals surface area contributed by atoms with E-state index in [1.54, 1.807) is 0 Å². The molecule has 0 aromatic rings. The summed E-state index contributed by atoms with van der Waals surface area (Å²) in [6.07, 6.45) is 0.482. The Morgan fingerprint density at radius 2 is 2.27 bits per heavy atom. The average molecular weight is 212 g/mol. The summed E-state index contributed by atoms with van der Waals surface area (Å²) in [5.41, 5.74) is 0. The summed E-state index contributed by atoms with van der Waals surface area (Å²) in [5, 5.41) is 0. The van der Waals surface area contributed by atoms with E-state index in [1.807, 2.05) is 0 Å². The molecule has 0 saturated carbocycles. The standard InChI is InChI=1S/C8H16NO3.B2O/c1-9(5-6-12-7-9)4-3-8(10)11-2;1-2-3/h3-7H2,1-2H3;/q+1;. The van der Waals surface area contributed by atoms with Gasteiger partial charge < -0.3 is 14.0 Å². The van der Waals surface area contributed by atoms with E-state index < -0.39 is 0 Å². The summed E-state index contributed by atoms with van der Waals surface area (Å²) in [6.45, 7) is 3.33. The van der Waals surface area contributed by atoms with E-state index in [1.165, 1.54) is 7.11 Å². The number of ether oxygens (including phenoxy) is 2. The number of hydrogen-bond acceptors (Lipinski definition) is 4. The number of nitrogens with zero attached hydrogens (tertiary/aromatic N) is 1. The van der Waals surface area contributed by atoms with Gasteiger partial charge >= 0.3 is 25.5 Å². The second-order valence-corrected chi connectivity index (χ2v) is 3.57. The van der Waals surface area contributed by atoms with Crippen molar-refractivity contribution in [2.45, 2.75) is 6.42 Å². The minimum absolute atomic E-state index is 0.138. The molecular formula is C8H16B2NO4+. The molecule has 0 bridgehead atoms. The van der Waals surface area contributed by atoms with Gasteiger partial charge in [0.2, 0.25) is 0 Å². The predicted octanol–water partition coefficient (Wildman–Crippen LogP) is -0.897. The molecule has 1 saturated heterocycles. The summed E-state index contributed by atoms with van der Waals surface area (Å²) >= 11 is 0. The van der Waals surface area contributed by atoms with Crippen LogP contribution in [0.5, 0.6) is 0 Å². The van der Waals surface area contributed by atoms with Crippen LogP contribution in [-0.2, 0) is 19.0 Å². The van der Waals surface area contributed by atoms with Gasteiger partial charge in [0.1, 0.15) is 13.2 Å². The van der Waals surface area contributed by atoms with Gasteiger partial charge in [-0.2, -0.15) is 0 Å². The zero-order chi connectivity index (χ0) is 11.7. The predicted molar refractivity (Wildman–Crippen MR) is 55.6 cm³/mol. The molecule has 1 aliphatic rings. The van der Waals surface area contributed by atoms with Crippen LogP contribution in [0, 0.1) is 0 Å². The topological polar surface area (TPSA) is 52.6 Å². The third-order valence-electron chi connectivity index (χ3n) is 2.26. The fourth-order valence-electron chi connectivity index (χ4n) is 1.27. The normalized spacial score (nSPS) is 23.6. The number of rotatable bonds is 3. The van der Waals surface area contributed by atoms with Gasteiger partial charge in [-0.25, -0.2) is 0 Å². The summed E-state index contributed by atoms with van der Waals surface area (Å²) in [4.78, 5) is 10.8. The zero-order valence-electron chi connectivity index (χ0n) is 9.27. The summed E-state index contributed by atoms with van der Waals surface area (Å²) in [5.74, 6) is -0.138. The van der Waals surface area contributed by atoms with Crippen LogP contribution >= 0.6 is 0 Å². The average Bonchev–Trinajstić information content (AvgIpc) is 2.64. The quantitative estimate of drug-likeness (QED) is 0.345. The van der Waals surface area contributed by atoms with Crippen LogP contribution in [0.4, 0.5) is 0 Å². The Bertz CT molecular complexity index is 207. The molecule has 2 radical (unpaired) electrons. The van der Waals surface area contributed by atoms with Gasteiger partial charge in [-0.05, 0) is 0 Å². The van der Waals surface area contributed by atoms with E-state index >= 15 is 0 Å². The van der Waals surface area contributed by atoms with Crippen molar-refractivity contribution >= 4 is 20.7 Å². The first kappa shape index (κ1) is 14.3. The van der Waals surface area contributed by atoms with Gasteiger partial charge in [0.25, 0.3) is 0 Å². The van der Waals surface area contributed by atoms with Crippen LogP contribution in [0.3, 0.4) is 0 Å². The zero-order valence-corrected chi connectivity index (χ0v) is 9.27. The molecular weight excluding hydrogens is 196 g/mol. The number of likely N-dealkylation sites (N-methyl/N-ethyl adjacent to an activating group) is 1. The van der Waals surface area contributed by atoms with Gasteiger partial charge in [0, 0.05) is 0 Å². The molecule has 1 aliphatic heterocycles. The second kappa shape index (κ2) is 7.59. The molecule has 82 valence electrons. The number of quaternary nitrogens is 1. The number of methoxy groups -OCH3 is 1. The van der Waals surface area contributed by atoms with Crippen molar-refractivity contribution in [3.8, 4) is 0 Å². The monoisotopic (exact) mass is 212 g/mol. The fraction of sp³-hybridized carbons (Fsp3) is 0.875. The van der Waals surface area contributed by atoms with Gasteiger partial charge in [0.15, 0.2) is 6.73 Å². The third kappa shape index (κ3) is 6.41. The van der Waals surface area contributed by atoms with Crippen molar-refractivity contribution < 1.29 is 23.5 Å². The fourth-order valence-corrected chi connectivity index (χ4v) is 1.27. The van der Waals surface area contributed by atoms with Gasteiger partial charge in [-0.1, -0.05) is 0 Å². The molecule has 1 unspecified atom stereocenters. The molecule has 5 nitrogen and oxygen atoms in total. The number of carbonyl (C=O) groups excluding carboxylic acids is 1. The van der Waals surface area contributed by atoms with Crippen molar-refractivity contribution in [1.82, 2.24) is 0 Å². The molecule has 0 aliphatic carbocycles. The van der Waals surface area contributed by atoms with E-state index in [0.29, 0.717) is 6.42 Å². The van der Waals surface area contributed by atoms with Crippen molar-refractivity contribution in [1.29, 1.82) is 0 Å². The van der Waals surface area contributed by atoms with Gasteiger partial charge in [-0.15, -0.1) is 0 Å². The van der Waals surface area contributed by atoms with E-state index in [-0.39, 0.29) is 13.0 Å². The van der Waals surface area contributed by atoms with Crippen LogP contribution in [-0.4, -0.2) is 65.8 Å². The van der Waals surface area contributed by atoms with E-state index in [9.17, 15) is 4.79 Å². The maximum atomic E-state index is 10.8. The van der Waals surface area contributed by atoms with Crippen molar-refractivity contribution in [3.05, 3.63) is 0 Å². The van der Waals surface area contributed by atoms with Crippen LogP contribution in [0.25, 0.3) is 0 Å². The second-order valence-electron chi connectivity index (χ2n) is 3.57. The molecule has 7 heteroatoms. The summed E-state index contributed by atoms with van der Waals surface area (Å²) in [6, 6.07) is 0. The Morgan fingerprint density at radius 3 is 2.67 bits per heavy atom. The SMILES string of the molecule is COC(=O)CC[N+]1(C)CCOC1.[B]B=O. The molecule has 1 heterocycles. The first-order valence-corrected chi connectivity index (χ1v) is 4.71. The molecule has 1 fully saturated rings. The van der Waals surface area contributed by atoms with E-state index in [2.05, 4.69) is 19.5 Å². The molecule has 0 N–H and O–H groups in total. The van der Waals surface area contributed by atoms with Crippen LogP contribution in [0.2, 0.25) is 0 Å². The van der Waals surface area contributed by atoms with Crippen LogP contribution < -0.4 is 0 Å². The molecule has 1 atom stereocenters. The number of carbonyl (C=O) groups is 1. The van der Waals surface area contributed by atoms with Crippen molar-refractivity contribution in [2.75, 3.05) is 40.6 Å². The van der Waals surface area contributed by atoms with E-state index in [0.717, 1.165) is 30.9 Å². The van der Waals surface area contributed by atoms with Crippen molar-refractivity contribution in [3.63, 3.8) is 0 Å². The maximum absolute atomic E-state index is 10.8. The van der Waals surface area contributed by atoms with E-state index in [4.69, 9.17) is 9.44 Å². The summed E-state index contributed by atoms with van der Waals surface area (Å²) in [7, 11) is 7.93. The van der Waals surface area contributed by atoms with Crippen LogP contribution in [0.15, 0.2) is 0 Å². The third-order valence-corrected chi connectivity index (χ3v) is 2.26. The first-order valence-electron chi connectivity index (χ1n) is 4.71. The Kier molecular flexibility index (Phi) is 7.25. The Hall–Kier alpha value is -0.680. The Balaban J connectivity index is 0.000000583. The molecule has 15 heavy (non-hydrogen) atoms. The minimum atomic E-state index is -0.138. The Morgan fingerprint density at radius 1 is 1.67 bits per heavy atom. The number of esters is 1. The Labute approximate surface area is 92.0 Å². The molecule has 0 spiro atoms. The molecule has 0 amide bonds. The summed E-state index contributed by atoms with van der Waals surface area (Å²) < 4.78 is 19.2. The van der Waals surface area contributed by atoms with Gasteiger partial charge in [0.05, 0.1) is 27.1 Å².